The van der Waals surface area contributed by atoms with Gasteiger partial charge < -0.3 is 15.8 Å². The minimum atomic E-state index is -1.17. The van der Waals surface area contributed by atoms with Crippen LogP contribution in [-0.4, -0.2) is 33.7 Å². The zero-order valence-electron chi connectivity index (χ0n) is 15.9. The smallest absolute Gasteiger partial charge is 0.328 e. The minimum absolute atomic E-state index is 0.166. The van der Waals surface area contributed by atoms with E-state index in [0.717, 1.165) is 4.68 Å². The van der Waals surface area contributed by atoms with Crippen LogP contribution in [0.2, 0.25) is 0 Å². The van der Waals surface area contributed by atoms with Crippen LogP contribution in [0.3, 0.4) is 0 Å². The molecular formula is C20H18N4O6. The second-order valence-corrected chi connectivity index (χ2v) is 6.44. The van der Waals surface area contributed by atoms with Crippen LogP contribution in [0.1, 0.15) is 17.3 Å². The summed E-state index contributed by atoms with van der Waals surface area (Å²) >= 11 is 0. The van der Waals surface area contributed by atoms with Gasteiger partial charge in [-0.05, 0) is 43.3 Å². The molecule has 0 aliphatic carbocycles. The number of benzene rings is 2. The highest BCUT2D eigenvalue weighted by Gasteiger charge is 2.19. The summed E-state index contributed by atoms with van der Waals surface area (Å²) < 4.78 is 5.88. The number of aromatic nitrogens is 2. The van der Waals surface area contributed by atoms with Gasteiger partial charge in [-0.2, -0.15) is 0 Å². The van der Waals surface area contributed by atoms with E-state index in [-0.39, 0.29) is 16.3 Å². The van der Waals surface area contributed by atoms with Gasteiger partial charge in [-0.3, -0.25) is 29.1 Å². The van der Waals surface area contributed by atoms with Crippen LogP contribution < -0.4 is 22.2 Å². The number of ether oxygens (including phenoxy) is 1. The van der Waals surface area contributed by atoms with E-state index in [9.17, 15) is 24.0 Å². The molecule has 1 atom stereocenters. The normalized spacial score (nSPS) is 11.6. The fourth-order valence-corrected chi connectivity index (χ4v) is 2.74. The standard InChI is InChI=1S/C20H18N4O6/c1-11(18(27)22-13-8-6-12(7-9-13)17(21)26)30-16(25)10-24-20(29)15-5-3-2-4-14(15)19(28)23-24/h2-9,11H,10H2,1H3,(H2,21,26)(H,22,27)(H,23,28)/t11-/m1/s1. The number of esters is 1. The Labute approximate surface area is 169 Å². The molecule has 1 heterocycles. The zero-order chi connectivity index (χ0) is 21.8. The molecule has 1 aromatic heterocycles. The van der Waals surface area contributed by atoms with Gasteiger partial charge in [0.05, 0.1) is 10.8 Å². The van der Waals surface area contributed by atoms with E-state index in [2.05, 4.69) is 10.4 Å². The monoisotopic (exact) mass is 410 g/mol. The van der Waals surface area contributed by atoms with Crippen molar-refractivity contribution in [3.63, 3.8) is 0 Å². The highest BCUT2D eigenvalue weighted by atomic mass is 16.5. The number of amides is 2. The second kappa shape index (κ2) is 8.43. The van der Waals surface area contributed by atoms with Crippen LogP contribution in [0.15, 0.2) is 58.1 Å². The Morgan fingerprint density at radius 1 is 1.07 bits per heavy atom. The number of H-pyrrole nitrogens is 1. The number of nitrogens with zero attached hydrogens (tertiary/aromatic N) is 1. The SMILES string of the molecule is C[C@@H](OC(=O)Cn1[nH]c(=O)c2ccccc2c1=O)C(=O)Nc1ccc(C(N)=O)cc1. The number of fused-ring (bicyclic) bond motifs is 1. The van der Waals surface area contributed by atoms with Crippen molar-refractivity contribution in [1.82, 2.24) is 9.78 Å². The van der Waals surface area contributed by atoms with Crippen molar-refractivity contribution in [1.29, 1.82) is 0 Å². The summed E-state index contributed by atoms with van der Waals surface area (Å²) in [6.07, 6.45) is -1.17. The van der Waals surface area contributed by atoms with E-state index in [1.807, 2.05) is 0 Å². The molecule has 10 nitrogen and oxygen atoms in total. The van der Waals surface area contributed by atoms with Gasteiger partial charge in [-0.25, -0.2) is 4.68 Å². The van der Waals surface area contributed by atoms with Crippen molar-refractivity contribution < 1.29 is 19.1 Å². The molecule has 0 saturated heterocycles. The first kappa shape index (κ1) is 20.5. The quantitative estimate of drug-likeness (QED) is 0.499. The van der Waals surface area contributed by atoms with Crippen LogP contribution in [-0.2, 0) is 20.9 Å². The van der Waals surface area contributed by atoms with Crippen molar-refractivity contribution in [2.45, 2.75) is 19.6 Å². The molecule has 0 unspecified atom stereocenters. The molecule has 2 amide bonds. The fourth-order valence-electron chi connectivity index (χ4n) is 2.74. The van der Waals surface area contributed by atoms with Gasteiger partial charge in [0.1, 0.15) is 6.54 Å². The van der Waals surface area contributed by atoms with Gasteiger partial charge >= 0.3 is 5.97 Å². The molecule has 0 fully saturated rings. The van der Waals surface area contributed by atoms with Crippen LogP contribution >= 0.6 is 0 Å². The third kappa shape index (κ3) is 4.43. The topological polar surface area (TPSA) is 153 Å². The molecule has 0 spiro atoms. The summed E-state index contributed by atoms with van der Waals surface area (Å²) in [6.45, 7) is 0.792. The number of carbonyl (C=O) groups excluding carboxylic acids is 3. The second-order valence-electron chi connectivity index (χ2n) is 6.44. The summed E-state index contributed by atoms with van der Waals surface area (Å²) in [5.41, 5.74) is 4.72. The maximum absolute atomic E-state index is 12.4. The van der Waals surface area contributed by atoms with Crippen molar-refractivity contribution in [2.75, 3.05) is 5.32 Å². The van der Waals surface area contributed by atoms with Crippen molar-refractivity contribution in [3.05, 3.63) is 74.8 Å². The average molecular weight is 410 g/mol. The predicted molar refractivity (Wildman–Crippen MR) is 108 cm³/mol. The molecule has 3 aromatic rings. The lowest BCUT2D eigenvalue weighted by atomic mass is 10.2. The molecule has 10 heteroatoms. The molecule has 0 radical (unpaired) electrons. The first-order valence-electron chi connectivity index (χ1n) is 8.88. The third-order valence-corrected chi connectivity index (χ3v) is 4.29. The van der Waals surface area contributed by atoms with E-state index < -0.39 is 41.6 Å². The molecule has 0 aliphatic rings. The number of carbonyl (C=O) groups is 3. The Morgan fingerprint density at radius 3 is 2.33 bits per heavy atom. The van der Waals surface area contributed by atoms with E-state index in [1.165, 1.54) is 43.3 Å². The van der Waals surface area contributed by atoms with Crippen LogP contribution in [0, 0.1) is 0 Å². The molecular weight excluding hydrogens is 392 g/mol. The van der Waals surface area contributed by atoms with E-state index in [1.54, 1.807) is 12.1 Å². The average Bonchev–Trinajstić information content (AvgIpc) is 2.72. The number of nitrogens with two attached hydrogens (primary N) is 1. The number of hydrogen-bond acceptors (Lipinski definition) is 6. The lowest BCUT2D eigenvalue weighted by Gasteiger charge is -2.14. The van der Waals surface area contributed by atoms with Gasteiger partial charge in [-0.15, -0.1) is 0 Å². The Hall–Kier alpha value is -4.21. The number of aromatic amines is 1. The summed E-state index contributed by atoms with van der Waals surface area (Å²) in [5, 5.41) is 5.22. The molecule has 154 valence electrons. The first-order chi connectivity index (χ1) is 14.3. The van der Waals surface area contributed by atoms with Crippen LogP contribution in [0.4, 0.5) is 5.69 Å². The zero-order valence-corrected chi connectivity index (χ0v) is 15.9. The summed E-state index contributed by atoms with van der Waals surface area (Å²) in [5.74, 6) is -2.10. The first-order valence-corrected chi connectivity index (χ1v) is 8.88. The van der Waals surface area contributed by atoms with Gasteiger partial charge in [0.25, 0.3) is 17.0 Å². The highest BCUT2D eigenvalue weighted by molar-refractivity contribution is 5.96. The van der Waals surface area contributed by atoms with Gasteiger partial charge in [0.2, 0.25) is 5.91 Å². The number of rotatable bonds is 6. The highest BCUT2D eigenvalue weighted by Crippen LogP contribution is 2.10. The molecule has 0 bridgehead atoms. The number of anilines is 1. The molecule has 4 N–H and O–H groups in total. The Kier molecular flexibility index (Phi) is 5.77. The van der Waals surface area contributed by atoms with Crippen molar-refractivity contribution in [3.8, 4) is 0 Å². The Balaban J connectivity index is 1.66. The largest absolute Gasteiger partial charge is 0.451 e. The maximum atomic E-state index is 12.4. The van der Waals surface area contributed by atoms with E-state index in [0.29, 0.717) is 5.69 Å². The predicted octanol–water partition coefficient (Wildman–Crippen LogP) is 0.359. The number of hydrogen-bond donors (Lipinski definition) is 3. The molecule has 2 aromatic carbocycles. The van der Waals surface area contributed by atoms with Gasteiger partial charge in [-0.1, -0.05) is 12.1 Å². The molecule has 0 aliphatic heterocycles. The minimum Gasteiger partial charge on any atom is -0.451 e. The van der Waals surface area contributed by atoms with Crippen LogP contribution in [0.5, 0.6) is 0 Å². The fraction of sp³-hybridized carbons (Fsp3) is 0.150. The number of nitrogens with one attached hydrogen (secondary N) is 2. The van der Waals surface area contributed by atoms with Crippen molar-refractivity contribution >= 4 is 34.2 Å². The van der Waals surface area contributed by atoms with Gasteiger partial charge in [0, 0.05) is 11.3 Å². The lowest BCUT2D eigenvalue weighted by Crippen LogP contribution is -2.35. The summed E-state index contributed by atoms with van der Waals surface area (Å²) in [6, 6.07) is 12.0. The van der Waals surface area contributed by atoms with Crippen molar-refractivity contribution in [2.24, 2.45) is 5.73 Å². The third-order valence-electron chi connectivity index (χ3n) is 4.29. The molecule has 3 rings (SSSR count). The molecule has 30 heavy (non-hydrogen) atoms. The lowest BCUT2D eigenvalue weighted by molar-refractivity contribution is -0.154. The van der Waals surface area contributed by atoms with E-state index >= 15 is 0 Å². The maximum Gasteiger partial charge on any atom is 0.328 e. The summed E-state index contributed by atoms with van der Waals surface area (Å²) in [7, 11) is 0. The van der Waals surface area contributed by atoms with Crippen LogP contribution in [0.25, 0.3) is 10.8 Å². The summed E-state index contributed by atoms with van der Waals surface area (Å²) in [4.78, 5) is 59.9. The number of primary amides is 1. The van der Waals surface area contributed by atoms with E-state index in [4.69, 9.17) is 10.5 Å². The van der Waals surface area contributed by atoms with Gasteiger partial charge in [0.15, 0.2) is 6.10 Å². The Morgan fingerprint density at radius 2 is 1.70 bits per heavy atom. The molecule has 0 saturated carbocycles. The Bertz CT molecular complexity index is 1240.